The molecule has 0 saturated carbocycles. The molecule has 1 aliphatic heterocycles. The van der Waals surface area contributed by atoms with Crippen LogP contribution in [-0.2, 0) is 4.79 Å². The Morgan fingerprint density at radius 1 is 1.39 bits per heavy atom. The average Bonchev–Trinajstić information content (AvgIpc) is 2.55. The van der Waals surface area contributed by atoms with Crippen molar-refractivity contribution in [1.82, 2.24) is 10.2 Å². The van der Waals surface area contributed by atoms with E-state index in [1.165, 1.54) is 0 Å². The van der Waals surface area contributed by atoms with Crippen LogP contribution < -0.4 is 11.1 Å². The Bertz CT molecular complexity index is 577. The molecule has 1 saturated heterocycles. The molecule has 23 heavy (non-hydrogen) atoms. The van der Waals surface area contributed by atoms with Gasteiger partial charge in [0.1, 0.15) is 0 Å². The number of carbonyl (C=O) groups is 2. The third-order valence-corrected chi connectivity index (χ3v) is 4.72. The number of rotatable bonds is 5. The second-order valence-electron chi connectivity index (χ2n) is 5.95. The molecule has 1 heterocycles. The molecule has 2 rings (SSSR count). The summed E-state index contributed by atoms with van der Waals surface area (Å²) < 4.78 is 0.899. The van der Waals surface area contributed by atoms with Crippen molar-refractivity contribution in [3.05, 3.63) is 33.8 Å². The summed E-state index contributed by atoms with van der Waals surface area (Å²) >= 11 is 3.43. The van der Waals surface area contributed by atoms with E-state index in [0.29, 0.717) is 19.5 Å². The van der Waals surface area contributed by atoms with Gasteiger partial charge in [0.05, 0.1) is 0 Å². The molecule has 0 bridgehead atoms. The monoisotopic (exact) mass is 381 g/mol. The van der Waals surface area contributed by atoms with Gasteiger partial charge in [0.15, 0.2) is 0 Å². The fourth-order valence-electron chi connectivity index (χ4n) is 2.91. The van der Waals surface area contributed by atoms with Gasteiger partial charge < -0.3 is 16.0 Å². The Morgan fingerprint density at radius 3 is 2.91 bits per heavy atom. The Hall–Kier alpha value is -1.40. The van der Waals surface area contributed by atoms with E-state index in [0.717, 1.165) is 41.4 Å². The molecule has 3 N–H and O–H groups in total. The summed E-state index contributed by atoms with van der Waals surface area (Å²) in [5.41, 5.74) is 7.08. The van der Waals surface area contributed by atoms with Crippen molar-refractivity contribution in [3.63, 3.8) is 0 Å². The number of nitrogens with one attached hydrogen (secondary N) is 1. The molecule has 1 aliphatic rings. The number of benzene rings is 1. The van der Waals surface area contributed by atoms with E-state index in [4.69, 9.17) is 5.73 Å². The van der Waals surface area contributed by atoms with E-state index in [2.05, 4.69) is 21.2 Å². The SMILES string of the molecule is Cc1ccc(Br)cc1C(=O)N1CCCCC1CNC(=O)CCN. The number of hydrogen-bond acceptors (Lipinski definition) is 3. The van der Waals surface area contributed by atoms with Crippen LogP contribution in [0.1, 0.15) is 41.6 Å². The van der Waals surface area contributed by atoms with Crippen LogP contribution in [0.15, 0.2) is 22.7 Å². The van der Waals surface area contributed by atoms with Crippen LogP contribution in [0.5, 0.6) is 0 Å². The summed E-state index contributed by atoms with van der Waals surface area (Å²) in [6, 6.07) is 5.80. The van der Waals surface area contributed by atoms with Crippen molar-refractivity contribution in [2.24, 2.45) is 5.73 Å². The summed E-state index contributed by atoms with van der Waals surface area (Å²) in [6.07, 6.45) is 3.33. The molecule has 0 spiro atoms. The molecule has 1 atom stereocenters. The molecule has 0 radical (unpaired) electrons. The number of carbonyl (C=O) groups excluding carboxylic acids is 2. The summed E-state index contributed by atoms with van der Waals surface area (Å²) in [7, 11) is 0. The minimum atomic E-state index is -0.0518. The number of nitrogens with zero attached hydrogens (tertiary/aromatic N) is 1. The third-order valence-electron chi connectivity index (χ3n) is 4.22. The van der Waals surface area contributed by atoms with Gasteiger partial charge >= 0.3 is 0 Å². The summed E-state index contributed by atoms with van der Waals surface area (Å²) in [5.74, 6) is -0.00863. The molecule has 2 amide bonds. The van der Waals surface area contributed by atoms with Crippen molar-refractivity contribution >= 4 is 27.7 Å². The maximum absolute atomic E-state index is 12.9. The predicted octanol–water partition coefficient (Wildman–Crippen LogP) is 2.22. The fraction of sp³-hybridized carbons (Fsp3) is 0.529. The highest BCUT2D eigenvalue weighted by molar-refractivity contribution is 9.10. The van der Waals surface area contributed by atoms with Crippen molar-refractivity contribution in [2.45, 2.75) is 38.6 Å². The van der Waals surface area contributed by atoms with E-state index < -0.39 is 0 Å². The molecule has 1 aromatic carbocycles. The number of likely N-dealkylation sites (tertiary alicyclic amines) is 1. The maximum Gasteiger partial charge on any atom is 0.254 e. The molecule has 5 nitrogen and oxygen atoms in total. The van der Waals surface area contributed by atoms with Crippen LogP contribution in [0.4, 0.5) is 0 Å². The first-order valence-electron chi connectivity index (χ1n) is 8.07. The minimum Gasteiger partial charge on any atom is -0.354 e. The van der Waals surface area contributed by atoms with Gasteiger partial charge in [-0.25, -0.2) is 0 Å². The lowest BCUT2D eigenvalue weighted by Crippen LogP contribution is -2.49. The molecule has 6 heteroatoms. The van der Waals surface area contributed by atoms with Gasteiger partial charge in [-0.3, -0.25) is 9.59 Å². The van der Waals surface area contributed by atoms with Crippen LogP contribution in [0.3, 0.4) is 0 Å². The normalized spacial score (nSPS) is 17.9. The van der Waals surface area contributed by atoms with Gasteiger partial charge in [-0.2, -0.15) is 0 Å². The number of nitrogens with two attached hydrogens (primary N) is 1. The Balaban J connectivity index is 2.09. The molecule has 1 aromatic rings. The maximum atomic E-state index is 12.9. The zero-order valence-corrected chi connectivity index (χ0v) is 15.1. The lowest BCUT2D eigenvalue weighted by Gasteiger charge is -2.36. The molecular weight excluding hydrogens is 358 g/mol. The number of aryl methyl sites for hydroxylation is 1. The van der Waals surface area contributed by atoms with Crippen LogP contribution in [-0.4, -0.2) is 42.4 Å². The second-order valence-corrected chi connectivity index (χ2v) is 6.87. The Kier molecular flexibility index (Phi) is 6.59. The van der Waals surface area contributed by atoms with Gasteiger partial charge in [-0.05, 0) is 43.9 Å². The predicted molar refractivity (Wildman–Crippen MR) is 94.2 cm³/mol. The molecular formula is C17H24BrN3O2. The molecule has 1 unspecified atom stereocenters. The average molecular weight is 382 g/mol. The van der Waals surface area contributed by atoms with Crippen molar-refractivity contribution in [1.29, 1.82) is 0 Å². The number of piperidine rings is 1. The van der Waals surface area contributed by atoms with Crippen LogP contribution >= 0.6 is 15.9 Å². The smallest absolute Gasteiger partial charge is 0.254 e. The highest BCUT2D eigenvalue weighted by Gasteiger charge is 2.28. The van der Waals surface area contributed by atoms with Gasteiger partial charge in [0.25, 0.3) is 5.91 Å². The lowest BCUT2D eigenvalue weighted by molar-refractivity contribution is -0.121. The van der Waals surface area contributed by atoms with Gasteiger partial charge in [-0.15, -0.1) is 0 Å². The topological polar surface area (TPSA) is 75.4 Å². The summed E-state index contributed by atoms with van der Waals surface area (Å²) in [6.45, 7) is 3.53. The van der Waals surface area contributed by atoms with Crippen molar-refractivity contribution in [2.75, 3.05) is 19.6 Å². The quantitative estimate of drug-likeness (QED) is 0.820. The van der Waals surface area contributed by atoms with E-state index in [1.54, 1.807) is 0 Å². The van der Waals surface area contributed by atoms with Gasteiger partial charge in [0, 0.05) is 42.1 Å². The van der Waals surface area contributed by atoms with E-state index in [-0.39, 0.29) is 17.9 Å². The number of amides is 2. The number of hydrogen-bond donors (Lipinski definition) is 2. The van der Waals surface area contributed by atoms with Crippen LogP contribution in [0, 0.1) is 6.92 Å². The third kappa shape index (κ3) is 4.78. The number of halogens is 1. The van der Waals surface area contributed by atoms with Gasteiger partial charge in [-0.1, -0.05) is 22.0 Å². The zero-order valence-electron chi connectivity index (χ0n) is 13.5. The lowest BCUT2D eigenvalue weighted by atomic mass is 9.99. The highest BCUT2D eigenvalue weighted by atomic mass is 79.9. The summed E-state index contributed by atoms with van der Waals surface area (Å²) in [5, 5.41) is 2.89. The van der Waals surface area contributed by atoms with Crippen LogP contribution in [0.25, 0.3) is 0 Å². The first-order valence-corrected chi connectivity index (χ1v) is 8.86. The van der Waals surface area contributed by atoms with E-state index in [9.17, 15) is 9.59 Å². The van der Waals surface area contributed by atoms with Crippen LogP contribution in [0.2, 0.25) is 0 Å². The van der Waals surface area contributed by atoms with Crippen molar-refractivity contribution < 1.29 is 9.59 Å². The Morgan fingerprint density at radius 2 is 2.17 bits per heavy atom. The first-order chi connectivity index (χ1) is 11.0. The van der Waals surface area contributed by atoms with E-state index in [1.807, 2.05) is 30.0 Å². The Labute approximate surface area is 145 Å². The molecule has 1 fully saturated rings. The summed E-state index contributed by atoms with van der Waals surface area (Å²) in [4.78, 5) is 26.5. The first kappa shape index (κ1) is 17.9. The van der Waals surface area contributed by atoms with Crippen molar-refractivity contribution in [3.8, 4) is 0 Å². The standard InChI is InChI=1S/C17H24BrN3O2/c1-12-5-6-13(18)10-15(12)17(23)21-9-3-2-4-14(21)11-20-16(22)7-8-19/h5-6,10,14H,2-4,7-9,11,19H2,1H3,(H,20,22). The second kappa shape index (κ2) is 8.45. The largest absolute Gasteiger partial charge is 0.354 e. The zero-order chi connectivity index (χ0) is 16.8. The van der Waals surface area contributed by atoms with Gasteiger partial charge in [0.2, 0.25) is 5.91 Å². The minimum absolute atomic E-state index is 0.0431. The molecule has 126 valence electrons. The fourth-order valence-corrected chi connectivity index (χ4v) is 3.27. The van der Waals surface area contributed by atoms with E-state index >= 15 is 0 Å². The molecule has 0 aromatic heterocycles. The molecule has 0 aliphatic carbocycles. The highest BCUT2D eigenvalue weighted by Crippen LogP contribution is 2.23.